The van der Waals surface area contributed by atoms with Crippen molar-refractivity contribution in [1.29, 1.82) is 0 Å². The minimum absolute atomic E-state index is 0.0854. The van der Waals surface area contributed by atoms with Crippen molar-refractivity contribution >= 4 is 66.3 Å². The van der Waals surface area contributed by atoms with Crippen LogP contribution in [0.2, 0.25) is 0 Å². The first-order valence-electron chi connectivity index (χ1n) is 11.0. The number of amides is 1. The Morgan fingerprint density at radius 1 is 1.03 bits per heavy atom. The number of nitrogens with zero attached hydrogens (tertiary/aromatic N) is 3. The van der Waals surface area contributed by atoms with Crippen LogP contribution < -0.4 is 10.9 Å². The van der Waals surface area contributed by atoms with Gasteiger partial charge in [0.25, 0.3) is 5.56 Å². The van der Waals surface area contributed by atoms with Gasteiger partial charge < -0.3 is 10.3 Å². The molecule has 9 heteroatoms. The first-order valence-corrected chi connectivity index (χ1v) is 12.8. The fourth-order valence-electron chi connectivity index (χ4n) is 4.08. The van der Waals surface area contributed by atoms with Crippen LogP contribution in [0.3, 0.4) is 0 Å². The van der Waals surface area contributed by atoms with Crippen LogP contribution in [-0.2, 0) is 4.79 Å². The molecule has 6 rings (SSSR count). The second kappa shape index (κ2) is 8.68. The van der Waals surface area contributed by atoms with Gasteiger partial charge in [0, 0.05) is 10.9 Å². The Morgan fingerprint density at radius 2 is 1.80 bits per heavy atom. The molecule has 35 heavy (non-hydrogen) atoms. The summed E-state index contributed by atoms with van der Waals surface area (Å²) in [6, 6.07) is 23.1. The second-order valence-corrected chi connectivity index (χ2v) is 10.0. The van der Waals surface area contributed by atoms with E-state index < -0.39 is 0 Å². The Morgan fingerprint density at radius 3 is 2.66 bits per heavy atom. The van der Waals surface area contributed by atoms with E-state index in [0.717, 1.165) is 32.4 Å². The summed E-state index contributed by atoms with van der Waals surface area (Å²) in [6.07, 6.45) is 0. The number of aromatic amines is 1. The van der Waals surface area contributed by atoms with Gasteiger partial charge in [0.1, 0.15) is 11.0 Å². The molecule has 0 atom stereocenters. The number of benzene rings is 3. The molecule has 7 nitrogen and oxygen atoms in total. The Labute approximate surface area is 207 Å². The van der Waals surface area contributed by atoms with Crippen molar-refractivity contribution in [1.82, 2.24) is 19.5 Å². The summed E-state index contributed by atoms with van der Waals surface area (Å²) < 4.78 is 2.60. The number of H-pyrrole nitrogens is 1. The number of carbonyl (C=O) groups excluding carboxylic acids is 1. The third-order valence-electron chi connectivity index (χ3n) is 5.72. The van der Waals surface area contributed by atoms with Gasteiger partial charge in [-0.1, -0.05) is 71.6 Å². The molecular weight excluding hydrogens is 478 g/mol. The molecule has 0 saturated carbocycles. The van der Waals surface area contributed by atoms with Crippen molar-refractivity contribution in [3.8, 4) is 5.69 Å². The lowest BCUT2D eigenvalue weighted by molar-refractivity contribution is -0.113. The number of para-hydroxylation sites is 3. The van der Waals surface area contributed by atoms with Gasteiger partial charge >= 0.3 is 0 Å². The highest BCUT2D eigenvalue weighted by molar-refractivity contribution is 7.99. The van der Waals surface area contributed by atoms with Gasteiger partial charge in [-0.3, -0.25) is 14.2 Å². The number of hydrogen-bond acceptors (Lipinski definition) is 6. The molecule has 0 radical (unpaired) electrons. The molecule has 0 fully saturated rings. The van der Waals surface area contributed by atoms with Crippen LogP contribution in [-0.4, -0.2) is 31.2 Å². The van der Waals surface area contributed by atoms with Crippen LogP contribution in [0.15, 0.2) is 82.7 Å². The predicted octanol–water partition coefficient (Wildman–Crippen LogP) is 5.52. The molecular formula is C26H19N5O2S2. The molecule has 1 amide bonds. The summed E-state index contributed by atoms with van der Waals surface area (Å²) in [5, 5.41) is 4.76. The smallest absolute Gasteiger partial charge is 0.283 e. The largest absolute Gasteiger partial charge is 0.349 e. The van der Waals surface area contributed by atoms with Crippen molar-refractivity contribution in [2.24, 2.45) is 0 Å². The van der Waals surface area contributed by atoms with Gasteiger partial charge in [0.15, 0.2) is 10.3 Å². The standard InChI is InChI=1S/C26H19N5O2S2/c1-15-8-2-6-12-19(15)31-24(33)23-22(16-9-3-4-10-17(16)27-23)30-26(31)34-14-21(32)29-25-28-18-11-5-7-13-20(18)35-25/h2-13,27H,14H2,1H3,(H,28,29,32). The summed E-state index contributed by atoms with van der Waals surface area (Å²) in [5.41, 5.74) is 4.21. The summed E-state index contributed by atoms with van der Waals surface area (Å²) in [7, 11) is 0. The monoisotopic (exact) mass is 497 g/mol. The van der Waals surface area contributed by atoms with Crippen molar-refractivity contribution in [3.05, 3.63) is 88.7 Å². The number of aromatic nitrogens is 4. The minimum atomic E-state index is -0.210. The maximum atomic E-state index is 13.7. The minimum Gasteiger partial charge on any atom is -0.349 e. The van der Waals surface area contributed by atoms with Crippen molar-refractivity contribution < 1.29 is 4.79 Å². The van der Waals surface area contributed by atoms with Gasteiger partial charge in [-0.25, -0.2) is 9.97 Å². The zero-order valence-electron chi connectivity index (χ0n) is 18.6. The fraction of sp³-hybridized carbons (Fsp3) is 0.0769. The van der Waals surface area contributed by atoms with E-state index in [-0.39, 0.29) is 17.2 Å². The summed E-state index contributed by atoms with van der Waals surface area (Å²) in [5.74, 6) is -0.124. The molecule has 0 saturated heterocycles. The fourth-order valence-corrected chi connectivity index (χ4v) is 5.76. The van der Waals surface area contributed by atoms with E-state index in [0.29, 0.717) is 21.3 Å². The number of nitrogens with one attached hydrogen (secondary N) is 2. The summed E-state index contributed by atoms with van der Waals surface area (Å²) in [4.78, 5) is 39.0. The third kappa shape index (κ3) is 3.88. The maximum Gasteiger partial charge on any atom is 0.283 e. The first kappa shape index (κ1) is 21.6. The maximum absolute atomic E-state index is 13.7. The number of thiazole rings is 1. The first-order chi connectivity index (χ1) is 17.1. The van der Waals surface area contributed by atoms with Crippen molar-refractivity contribution in [2.75, 3.05) is 11.1 Å². The molecule has 3 aromatic carbocycles. The quantitative estimate of drug-likeness (QED) is 0.242. The van der Waals surface area contributed by atoms with Gasteiger partial charge in [-0.2, -0.15) is 0 Å². The average Bonchev–Trinajstić information content (AvgIpc) is 3.44. The highest BCUT2D eigenvalue weighted by Gasteiger charge is 2.19. The van der Waals surface area contributed by atoms with Gasteiger partial charge in [0.2, 0.25) is 5.91 Å². The second-order valence-electron chi connectivity index (χ2n) is 8.04. The molecule has 0 spiro atoms. The number of fused-ring (bicyclic) bond motifs is 4. The molecule has 0 aliphatic carbocycles. The van der Waals surface area contributed by atoms with Crippen LogP contribution in [0.5, 0.6) is 0 Å². The molecule has 0 unspecified atom stereocenters. The van der Waals surface area contributed by atoms with Crippen LogP contribution >= 0.6 is 23.1 Å². The zero-order chi connectivity index (χ0) is 23.9. The van der Waals surface area contributed by atoms with E-state index in [1.54, 1.807) is 4.57 Å². The summed E-state index contributed by atoms with van der Waals surface area (Å²) >= 11 is 2.66. The molecule has 0 aliphatic rings. The highest BCUT2D eigenvalue weighted by Crippen LogP contribution is 2.28. The van der Waals surface area contributed by atoms with E-state index in [1.165, 1.54) is 23.1 Å². The van der Waals surface area contributed by atoms with E-state index in [9.17, 15) is 9.59 Å². The molecule has 3 heterocycles. The third-order valence-corrected chi connectivity index (χ3v) is 7.61. The van der Waals surface area contributed by atoms with E-state index >= 15 is 0 Å². The lowest BCUT2D eigenvalue weighted by Crippen LogP contribution is -2.23. The number of thioether (sulfide) groups is 1. The normalized spacial score (nSPS) is 11.5. The lowest BCUT2D eigenvalue weighted by Gasteiger charge is -2.14. The molecule has 6 aromatic rings. The van der Waals surface area contributed by atoms with Crippen molar-refractivity contribution in [3.63, 3.8) is 0 Å². The number of rotatable bonds is 5. The van der Waals surface area contributed by atoms with Gasteiger partial charge in [-0.05, 0) is 36.8 Å². The Kier molecular flexibility index (Phi) is 5.35. The van der Waals surface area contributed by atoms with Crippen LogP contribution in [0.1, 0.15) is 5.56 Å². The van der Waals surface area contributed by atoms with Gasteiger partial charge in [-0.15, -0.1) is 0 Å². The number of anilines is 1. The highest BCUT2D eigenvalue weighted by atomic mass is 32.2. The van der Waals surface area contributed by atoms with Crippen molar-refractivity contribution in [2.45, 2.75) is 12.1 Å². The number of aryl methyl sites for hydroxylation is 1. The molecule has 0 aliphatic heterocycles. The Bertz CT molecular complexity index is 1770. The average molecular weight is 498 g/mol. The van der Waals surface area contributed by atoms with Crippen LogP contribution in [0.25, 0.3) is 37.8 Å². The summed E-state index contributed by atoms with van der Waals surface area (Å²) in [6.45, 7) is 1.95. The van der Waals surface area contributed by atoms with Gasteiger partial charge in [0.05, 0.1) is 21.7 Å². The zero-order valence-corrected chi connectivity index (χ0v) is 20.2. The topological polar surface area (TPSA) is 92.7 Å². The van der Waals surface area contributed by atoms with E-state index in [1.807, 2.05) is 79.7 Å². The lowest BCUT2D eigenvalue weighted by atomic mass is 10.2. The molecule has 172 valence electrons. The molecule has 3 aromatic heterocycles. The molecule has 2 N–H and O–H groups in total. The number of hydrogen-bond donors (Lipinski definition) is 2. The number of carbonyl (C=O) groups is 1. The SMILES string of the molecule is Cc1ccccc1-n1c(SCC(=O)Nc2nc3ccccc3s2)nc2c([nH]c3ccccc32)c1=O. The Hall–Kier alpha value is -3.95. The predicted molar refractivity (Wildman–Crippen MR) is 143 cm³/mol. The Balaban J connectivity index is 1.39. The molecule has 0 bridgehead atoms. The van der Waals surface area contributed by atoms with E-state index in [2.05, 4.69) is 15.3 Å². The van der Waals surface area contributed by atoms with Crippen LogP contribution in [0, 0.1) is 6.92 Å². The van der Waals surface area contributed by atoms with E-state index in [4.69, 9.17) is 4.98 Å². The van der Waals surface area contributed by atoms with Crippen LogP contribution in [0.4, 0.5) is 5.13 Å².